The van der Waals surface area contributed by atoms with Crippen molar-refractivity contribution in [2.75, 3.05) is 48.3 Å². The first-order valence-corrected chi connectivity index (χ1v) is 9.06. The molecule has 0 amide bonds. The number of piperidine rings is 1. The summed E-state index contributed by atoms with van der Waals surface area (Å²) in [7, 11) is 0. The summed E-state index contributed by atoms with van der Waals surface area (Å²) in [6, 6.07) is 12.2. The lowest BCUT2D eigenvalue weighted by atomic mass is 9.99. The molecule has 0 aliphatic carbocycles. The Hall–Kier alpha value is -2.34. The summed E-state index contributed by atoms with van der Waals surface area (Å²) < 4.78 is 0. The van der Waals surface area contributed by atoms with Crippen LogP contribution in [0.3, 0.4) is 0 Å². The highest BCUT2D eigenvalue weighted by Gasteiger charge is 2.20. The van der Waals surface area contributed by atoms with Crippen LogP contribution in [-0.2, 0) is 0 Å². The van der Waals surface area contributed by atoms with Crippen LogP contribution < -0.4 is 15.5 Å². The highest BCUT2D eigenvalue weighted by atomic mass is 16.3. The largest absolute Gasteiger partial charge is 0.396 e. The van der Waals surface area contributed by atoms with Crippen LogP contribution in [0, 0.1) is 5.92 Å². The zero-order chi connectivity index (χ0) is 17.3. The molecule has 1 saturated heterocycles. The van der Waals surface area contributed by atoms with Gasteiger partial charge in [0.05, 0.1) is 0 Å². The Kier molecular flexibility index (Phi) is 6.45. The zero-order valence-corrected chi connectivity index (χ0v) is 14.6. The van der Waals surface area contributed by atoms with Crippen LogP contribution in [0.25, 0.3) is 0 Å². The molecule has 0 saturated carbocycles. The van der Waals surface area contributed by atoms with Crippen molar-refractivity contribution in [3.63, 3.8) is 0 Å². The molecule has 3 N–H and O–H groups in total. The van der Waals surface area contributed by atoms with Crippen LogP contribution in [0.1, 0.15) is 19.3 Å². The van der Waals surface area contributed by atoms with Crippen molar-refractivity contribution in [1.29, 1.82) is 0 Å². The van der Waals surface area contributed by atoms with Crippen molar-refractivity contribution in [3.05, 3.63) is 42.7 Å². The minimum Gasteiger partial charge on any atom is -0.396 e. The molecule has 134 valence electrons. The normalized spacial score (nSPS) is 17.3. The highest BCUT2D eigenvalue weighted by molar-refractivity contribution is 5.48. The van der Waals surface area contributed by atoms with Crippen molar-refractivity contribution in [2.45, 2.75) is 19.3 Å². The molecule has 25 heavy (non-hydrogen) atoms. The van der Waals surface area contributed by atoms with Gasteiger partial charge in [0.15, 0.2) is 0 Å². The second kappa shape index (κ2) is 9.22. The lowest BCUT2D eigenvalue weighted by Crippen LogP contribution is -2.37. The highest BCUT2D eigenvalue weighted by Crippen LogP contribution is 2.22. The summed E-state index contributed by atoms with van der Waals surface area (Å²) in [6.45, 7) is 3.89. The number of rotatable bonds is 8. The topological polar surface area (TPSA) is 73.3 Å². The van der Waals surface area contributed by atoms with E-state index in [1.807, 2.05) is 24.3 Å². The molecule has 0 radical (unpaired) electrons. The zero-order valence-electron chi connectivity index (χ0n) is 14.6. The van der Waals surface area contributed by atoms with Gasteiger partial charge in [0.1, 0.15) is 18.0 Å². The third-order valence-electron chi connectivity index (χ3n) is 4.52. The first-order chi connectivity index (χ1) is 12.3. The van der Waals surface area contributed by atoms with E-state index in [0.29, 0.717) is 5.92 Å². The number of aromatic nitrogens is 2. The van der Waals surface area contributed by atoms with E-state index >= 15 is 0 Å². The van der Waals surface area contributed by atoms with E-state index in [1.54, 1.807) is 6.33 Å². The molecule has 0 spiro atoms. The maximum Gasteiger partial charge on any atom is 0.134 e. The Bertz CT molecular complexity index is 637. The van der Waals surface area contributed by atoms with Gasteiger partial charge < -0.3 is 20.6 Å². The SMILES string of the molecule is OCC1CCCN(c2cc(NCCCNc3ccccc3)ncn2)C1. The maximum atomic E-state index is 9.38. The Morgan fingerprint density at radius 1 is 1.12 bits per heavy atom. The van der Waals surface area contributed by atoms with Crippen LogP contribution in [0.2, 0.25) is 0 Å². The lowest BCUT2D eigenvalue weighted by Gasteiger charge is -2.32. The van der Waals surface area contributed by atoms with Crippen molar-refractivity contribution < 1.29 is 5.11 Å². The Labute approximate surface area is 149 Å². The number of benzene rings is 1. The molecule has 0 bridgehead atoms. The van der Waals surface area contributed by atoms with Crippen LogP contribution in [0.5, 0.6) is 0 Å². The molecule has 1 aliphatic heterocycles. The Morgan fingerprint density at radius 2 is 1.96 bits per heavy atom. The molecule has 2 heterocycles. The molecule has 1 unspecified atom stereocenters. The van der Waals surface area contributed by atoms with Gasteiger partial charge in [-0.3, -0.25) is 0 Å². The van der Waals surface area contributed by atoms with Gasteiger partial charge in [-0.1, -0.05) is 18.2 Å². The summed E-state index contributed by atoms with van der Waals surface area (Å²) in [4.78, 5) is 11.0. The quantitative estimate of drug-likeness (QED) is 0.641. The van der Waals surface area contributed by atoms with Crippen molar-refractivity contribution in [1.82, 2.24) is 9.97 Å². The van der Waals surface area contributed by atoms with Gasteiger partial charge in [0.25, 0.3) is 0 Å². The fourth-order valence-electron chi connectivity index (χ4n) is 3.13. The number of nitrogens with one attached hydrogen (secondary N) is 2. The molecule has 6 nitrogen and oxygen atoms in total. The fourth-order valence-corrected chi connectivity index (χ4v) is 3.13. The van der Waals surface area contributed by atoms with E-state index in [0.717, 1.165) is 62.8 Å². The monoisotopic (exact) mass is 341 g/mol. The van der Waals surface area contributed by atoms with Gasteiger partial charge in [-0.2, -0.15) is 0 Å². The first kappa shape index (κ1) is 17.5. The summed E-state index contributed by atoms with van der Waals surface area (Å²) >= 11 is 0. The predicted molar refractivity (Wildman–Crippen MR) is 102 cm³/mol. The minimum absolute atomic E-state index is 0.251. The van der Waals surface area contributed by atoms with Gasteiger partial charge in [-0.15, -0.1) is 0 Å². The summed E-state index contributed by atoms with van der Waals surface area (Å²) in [5, 5.41) is 16.2. The molecular formula is C19H27N5O. The molecule has 1 aromatic heterocycles. The molecule has 1 aliphatic rings. The van der Waals surface area contributed by atoms with Crippen LogP contribution >= 0.6 is 0 Å². The van der Waals surface area contributed by atoms with Crippen molar-refractivity contribution in [3.8, 4) is 0 Å². The molecule has 1 aromatic carbocycles. The fraction of sp³-hybridized carbons (Fsp3) is 0.474. The number of hydrogen-bond donors (Lipinski definition) is 3. The Morgan fingerprint density at radius 3 is 2.80 bits per heavy atom. The van der Waals surface area contributed by atoms with Crippen LogP contribution in [-0.4, -0.2) is 47.9 Å². The standard InChI is InChI=1S/C19H27N5O/c25-14-16-6-4-11-24(13-16)19-12-18(22-15-23-19)21-10-5-9-20-17-7-2-1-3-8-17/h1-3,7-8,12,15-16,20,25H,4-6,9-11,13-14H2,(H,21,22,23). The number of anilines is 3. The van der Waals surface area contributed by atoms with E-state index in [9.17, 15) is 5.11 Å². The van der Waals surface area contributed by atoms with Gasteiger partial charge in [0, 0.05) is 44.5 Å². The first-order valence-electron chi connectivity index (χ1n) is 9.06. The minimum atomic E-state index is 0.251. The number of aliphatic hydroxyl groups excluding tert-OH is 1. The number of aliphatic hydroxyl groups is 1. The van der Waals surface area contributed by atoms with Crippen molar-refractivity contribution in [2.24, 2.45) is 5.92 Å². The van der Waals surface area contributed by atoms with Crippen LogP contribution in [0.15, 0.2) is 42.7 Å². The number of nitrogens with zero attached hydrogens (tertiary/aromatic N) is 3. The summed E-state index contributed by atoms with van der Waals surface area (Å²) in [5.74, 6) is 2.15. The molecule has 6 heteroatoms. The molecule has 2 aromatic rings. The molecule has 1 atom stereocenters. The summed E-state index contributed by atoms with van der Waals surface area (Å²) in [6.07, 6.45) is 4.81. The molecule has 3 rings (SSSR count). The maximum absolute atomic E-state index is 9.38. The second-order valence-corrected chi connectivity index (χ2v) is 6.47. The van der Waals surface area contributed by atoms with Gasteiger partial charge in [-0.25, -0.2) is 9.97 Å². The summed E-state index contributed by atoms with van der Waals surface area (Å²) in [5.41, 5.74) is 1.15. The average Bonchev–Trinajstić information content (AvgIpc) is 2.69. The Balaban J connectivity index is 1.44. The number of para-hydroxylation sites is 1. The van der Waals surface area contributed by atoms with E-state index in [4.69, 9.17) is 0 Å². The van der Waals surface area contributed by atoms with Gasteiger partial charge in [-0.05, 0) is 37.3 Å². The predicted octanol–water partition coefficient (Wildman–Crippen LogP) is 2.60. The van der Waals surface area contributed by atoms with E-state index in [1.165, 1.54) is 0 Å². The van der Waals surface area contributed by atoms with Crippen molar-refractivity contribution >= 4 is 17.3 Å². The van der Waals surface area contributed by atoms with E-state index in [-0.39, 0.29) is 6.61 Å². The molecule has 1 fully saturated rings. The van der Waals surface area contributed by atoms with E-state index < -0.39 is 0 Å². The van der Waals surface area contributed by atoms with Gasteiger partial charge in [0.2, 0.25) is 0 Å². The average molecular weight is 341 g/mol. The second-order valence-electron chi connectivity index (χ2n) is 6.47. The molecular weight excluding hydrogens is 314 g/mol. The third kappa shape index (κ3) is 5.32. The van der Waals surface area contributed by atoms with E-state index in [2.05, 4.69) is 37.6 Å². The van der Waals surface area contributed by atoms with Gasteiger partial charge >= 0.3 is 0 Å². The van der Waals surface area contributed by atoms with Crippen LogP contribution in [0.4, 0.5) is 17.3 Å². The smallest absolute Gasteiger partial charge is 0.134 e. The lowest BCUT2D eigenvalue weighted by molar-refractivity contribution is 0.208. The number of hydrogen-bond acceptors (Lipinski definition) is 6. The third-order valence-corrected chi connectivity index (χ3v) is 4.52.